The van der Waals surface area contributed by atoms with Crippen LogP contribution in [0.1, 0.15) is 11.1 Å². The van der Waals surface area contributed by atoms with Gasteiger partial charge in [0.25, 0.3) is 0 Å². The zero-order valence-electron chi connectivity index (χ0n) is 16.0. The molecular formula is C25H20N4. The Balaban J connectivity index is 1.37. The number of nitrogens with zero attached hydrogens (tertiary/aromatic N) is 4. The van der Waals surface area contributed by atoms with E-state index in [0.717, 1.165) is 30.9 Å². The SMILES string of the molecule is c1cncc(-c2ccc3c(c2)CN2CN3Cc3cc(-c4cccnc4)ccc32)c1. The van der Waals surface area contributed by atoms with Gasteiger partial charge in [0.05, 0.1) is 6.67 Å². The van der Waals surface area contributed by atoms with Gasteiger partial charge in [0.2, 0.25) is 0 Å². The van der Waals surface area contributed by atoms with Gasteiger partial charge in [-0.3, -0.25) is 9.97 Å². The fourth-order valence-corrected chi connectivity index (χ4v) is 4.51. The highest BCUT2D eigenvalue weighted by atomic mass is 15.4. The van der Waals surface area contributed by atoms with Crippen molar-refractivity contribution in [2.45, 2.75) is 13.1 Å². The molecule has 2 aromatic carbocycles. The predicted octanol–water partition coefficient (Wildman–Crippen LogP) is 5.11. The Bertz CT molecular complexity index is 1090. The van der Waals surface area contributed by atoms with Gasteiger partial charge in [-0.2, -0.15) is 0 Å². The van der Waals surface area contributed by atoms with Gasteiger partial charge in [-0.15, -0.1) is 0 Å². The topological polar surface area (TPSA) is 32.3 Å². The lowest BCUT2D eigenvalue weighted by molar-refractivity contribution is 0.651. The summed E-state index contributed by atoms with van der Waals surface area (Å²) in [5, 5.41) is 0. The van der Waals surface area contributed by atoms with Crippen molar-refractivity contribution >= 4 is 11.4 Å². The Morgan fingerprint density at radius 1 is 0.586 bits per heavy atom. The van der Waals surface area contributed by atoms with Crippen LogP contribution in [0.4, 0.5) is 11.4 Å². The molecule has 4 aromatic rings. The molecule has 0 N–H and O–H groups in total. The van der Waals surface area contributed by atoms with Crippen LogP contribution in [-0.4, -0.2) is 16.6 Å². The van der Waals surface area contributed by atoms with Crippen molar-refractivity contribution < 1.29 is 0 Å². The van der Waals surface area contributed by atoms with E-state index >= 15 is 0 Å². The van der Waals surface area contributed by atoms with Crippen LogP contribution in [0, 0.1) is 0 Å². The summed E-state index contributed by atoms with van der Waals surface area (Å²) in [5.41, 5.74) is 10.2. The molecule has 0 spiro atoms. The fraction of sp³-hybridized carbons (Fsp3) is 0.120. The van der Waals surface area contributed by atoms with Gasteiger partial charge >= 0.3 is 0 Å². The molecule has 4 heterocycles. The van der Waals surface area contributed by atoms with E-state index in [0.29, 0.717) is 0 Å². The van der Waals surface area contributed by atoms with E-state index in [9.17, 15) is 0 Å². The summed E-state index contributed by atoms with van der Waals surface area (Å²) in [6, 6.07) is 21.8. The van der Waals surface area contributed by atoms with Crippen LogP contribution in [-0.2, 0) is 13.1 Å². The lowest BCUT2D eigenvalue weighted by atomic mass is 9.96. The summed E-state index contributed by atoms with van der Waals surface area (Å²) in [4.78, 5) is 13.5. The summed E-state index contributed by atoms with van der Waals surface area (Å²) in [6.45, 7) is 2.80. The average molecular weight is 376 g/mol. The molecule has 0 saturated heterocycles. The van der Waals surface area contributed by atoms with Gasteiger partial charge in [0.15, 0.2) is 0 Å². The van der Waals surface area contributed by atoms with E-state index in [-0.39, 0.29) is 0 Å². The average Bonchev–Trinajstić information content (AvgIpc) is 2.79. The first-order valence-corrected chi connectivity index (χ1v) is 9.92. The lowest BCUT2D eigenvalue weighted by Gasteiger charge is -2.45. The predicted molar refractivity (Wildman–Crippen MR) is 117 cm³/mol. The van der Waals surface area contributed by atoms with Gasteiger partial charge in [0, 0.05) is 49.3 Å². The second kappa shape index (κ2) is 6.45. The second-order valence-corrected chi connectivity index (χ2v) is 7.71. The second-order valence-electron chi connectivity index (χ2n) is 7.71. The maximum Gasteiger partial charge on any atom is 0.0910 e. The number of benzene rings is 2. The van der Waals surface area contributed by atoms with Gasteiger partial charge in [0.1, 0.15) is 0 Å². The number of aromatic nitrogens is 2. The minimum absolute atomic E-state index is 0.930. The summed E-state index contributed by atoms with van der Waals surface area (Å²) < 4.78 is 0. The first-order chi connectivity index (χ1) is 14.3. The van der Waals surface area contributed by atoms with E-state index in [1.165, 1.54) is 33.6 Å². The molecule has 6 rings (SSSR count). The Morgan fingerprint density at radius 2 is 1.10 bits per heavy atom. The van der Waals surface area contributed by atoms with Crippen molar-refractivity contribution in [3.8, 4) is 22.3 Å². The molecule has 0 amide bonds. The molecule has 4 nitrogen and oxygen atoms in total. The van der Waals surface area contributed by atoms with Crippen LogP contribution < -0.4 is 9.80 Å². The quantitative estimate of drug-likeness (QED) is 0.487. The van der Waals surface area contributed by atoms with Gasteiger partial charge < -0.3 is 9.80 Å². The molecule has 4 heteroatoms. The van der Waals surface area contributed by atoms with E-state index in [1.54, 1.807) is 0 Å². The standard InChI is InChI=1S/C25H20N4/c1-3-20(13-26-9-1)18-5-7-24-22(11-18)15-28-17-29(24)16-23-12-19(6-8-25(23)28)21-4-2-10-27-14-21/h1-14H,15-17H2. The van der Waals surface area contributed by atoms with Gasteiger partial charge in [-0.25, -0.2) is 0 Å². The molecule has 0 aliphatic carbocycles. The number of hydrogen-bond donors (Lipinski definition) is 0. The molecule has 2 aliphatic rings. The maximum absolute atomic E-state index is 4.27. The molecule has 2 aliphatic heterocycles. The third kappa shape index (κ3) is 2.76. The first kappa shape index (κ1) is 16.3. The largest absolute Gasteiger partial charge is 0.349 e. The fourth-order valence-electron chi connectivity index (χ4n) is 4.51. The van der Waals surface area contributed by atoms with Gasteiger partial charge in [-0.1, -0.05) is 24.3 Å². The molecule has 2 aromatic heterocycles. The summed E-state index contributed by atoms with van der Waals surface area (Å²) >= 11 is 0. The highest BCUT2D eigenvalue weighted by Crippen LogP contribution is 2.40. The summed E-state index contributed by atoms with van der Waals surface area (Å²) in [7, 11) is 0. The van der Waals surface area contributed by atoms with Crippen molar-refractivity contribution in [3.63, 3.8) is 0 Å². The molecule has 0 fully saturated rings. The minimum Gasteiger partial charge on any atom is -0.349 e. The minimum atomic E-state index is 0.930. The van der Waals surface area contributed by atoms with Crippen molar-refractivity contribution in [2.24, 2.45) is 0 Å². The maximum atomic E-state index is 4.27. The molecular weight excluding hydrogens is 356 g/mol. The zero-order chi connectivity index (χ0) is 19.2. The van der Waals surface area contributed by atoms with Crippen LogP contribution in [0.5, 0.6) is 0 Å². The molecule has 0 unspecified atom stereocenters. The van der Waals surface area contributed by atoms with E-state index < -0.39 is 0 Å². The molecule has 0 atom stereocenters. The van der Waals surface area contributed by atoms with Crippen molar-refractivity contribution in [1.29, 1.82) is 0 Å². The molecule has 140 valence electrons. The molecule has 2 bridgehead atoms. The lowest BCUT2D eigenvalue weighted by Crippen LogP contribution is -2.46. The zero-order valence-corrected chi connectivity index (χ0v) is 16.0. The van der Waals surface area contributed by atoms with E-state index in [4.69, 9.17) is 0 Å². The monoisotopic (exact) mass is 376 g/mol. The first-order valence-electron chi connectivity index (χ1n) is 9.92. The third-order valence-electron chi connectivity index (χ3n) is 5.89. The highest BCUT2D eigenvalue weighted by Gasteiger charge is 2.29. The number of hydrogen-bond acceptors (Lipinski definition) is 4. The Kier molecular flexibility index (Phi) is 3.63. The van der Waals surface area contributed by atoms with Crippen LogP contribution in [0.15, 0.2) is 85.5 Å². The van der Waals surface area contributed by atoms with E-state index in [1.807, 2.05) is 36.9 Å². The Labute approximate surface area is 170 Å². The van der Waals surface area contributed by atoms with E-state index in [2.05, 4.69) is 68.3 Å². The number of fused-ring (bicyclic) bond motifs is 6. The van der Waals surface area contributed by atoms with Crippen molar-refractivity contribution in [2.75, 3.05) is 16.5 Å². The van der Waals surface area contributed by atoms with Crippen molar-refractivity contribution in [1.82, 2.24) is 9.97 Å². The Morgan fingerprint density at radius 3 is 1.55 bits per heavy atom. The number of rotatable bonds is 2. The molecule has 0 saturated carbocycles. The number of pyridine rings is 2. The van der Waals surface area contributed by atoms with Crippen LogP contribution in [0.3, 0.4) is 0 Å². The van der Waals surface area contributed by atoms with Gasteiger partial charge in [-0.05, 0) is 69.8 Å². The van der Waals surface area contributed by atoms with Crippen molar-refractivity contribution in [3.05, 3.63) is 96.6 Å². The highest BCUT2D eigenvalue weighted by molar-refractivity contribution is 5.75. The smallest absolute Gasteiger partial charge is 0.0910 e. The van der Waals surface area contributed by atoms with Crippen LogP contribution in [0.25, 0.3) is 22.3 Å². The normalized spacial score (nSPS) is 14.3. The summed E-state index contributed by atoms with van der Waals surface area (Å²) in [5.74, 6) is 0. The van der Waals surface area contributed by atoms with Crippen LogP contribution in [0.2, 0.25) is 0 Å². The summed E-state index contributed by atoms with van der Waals surface area (Å²) in [6.07, 6.45) is 7.50. The molecule has 0 radical (unpaired) electrons. The Hall–Kier alpha value is -3.66. The number of anilines is 2. The van der Waals surface area contributed by atoms with Crippen LogP contribution >= 0.6 is 0 Å². The molecule has 29 heavy (non-hydrogen) atoms. The third-order valence-corrected chi connectivity index (χ3v) is 5.89.